The van der Waals surface area contributed by atoms with Gasteiger partial charge in [0.15, 0.2) is 0 Å². The molecule has 1 heterocycles. The Morgan fingerprint density at radius 2 is 1.53 bits per heavy atom. The number of amides is 2. The number of imide groups is 1. The SMILES string of the molecule is Cc1ccc(C2=C(Nc3ccc(Cl)cc3C)C(=O)N(c3ccc(F)cc3)C2=O)cc1. The maximum Gasteiger partial charge on any atom is 0.282 e. The molecule has 30 heavy (non-hydrogen) atoms. The van der Waals surface area contributed by atoms with Crippen LogP contribution in [0, 0.1) is 19.7 Å². The van der Waals surface area contributed by atoms with Gasteiger partial charge in [-0.15, -0.1) is 0 Å². The first kappa shape index (κ1) is 19.9. The van der Waals surface area contributed by atoms with E-state index in [1.165, 1.54) is 24.3 Å². The molecule has 0 radical (unpaired) electrons. The third-order valence-corrected chi connectivity index (χ3v) is 5.19. The maximum absolute atomic E-state index is 13.4. The van der Waals surface area contributed by atoms with Crippen LogP contribution < -0.4 is 10.2 Å². The fourth-order valence-electron chi connectivity index (χ4n) is 3.36. The van der Waals surface area contributed by atoms with Crippen molar-refractivity contribution in [1.82, 2.24) is 0 Å². The van der Waals surface area contributed by atoms with Crippen molar-refractivity contribution in [1.29, 1.82) is 0 Å². The number of nitrogens with zero attached hydrogens (tertiary/aromatic N) is 1. The molecular weight excluding hydrogens is 403 g/mol. The molecule has 4 nitrogen and oxygen atoms in total. The zero-order chi connectivity index (χ0) is 21.4. The highest BCUT2D eigenvalue weighted by molar-refractivity contribution is 6.46. The lowest BCUT2D eigenvalue weighted by molar-refractivity contribution is -0.120. The predicted molar refractivity (Wildman–Crippen MR) is 117 cm³/mol. The molecule has 0 spiro atoms. The molecular formula is C24H18ClFN2O2. The van der Waals surface area contributed by atoms with Gasteiger partial charge in [-0.1, -0.05) is 41.4 Å². The summed E-state index contributed by atoms with van der Waals surface area (Å²) in [5, 5.41) is 3.70. The molecule has 0 aliphatic carbocycles. The Morgan fingerprint density at radius 1 is 0.867 bits per heavy atom. The number of nitrogens with one attached hydrogen (secondary N) is 1. The minimum Gasteiger partial charge on any atom is -0.350 e. The van der Waals surface area contributed by atoms with Gasteiger partial charge in [0.2, 0.25) is 0 Å². The van der Waals surface area contributed by atoms with E-state index >= 15 is 0 Å². The topological polar surface area (TPSA) is 49.4 Å². The van der Waals surface area contributed by atoms with E-state index in [4.69, 9.17) is 11.6 Å². The highest BCUT2D eigenvalue weighted by atomic mass is 35.5. The Morgan fingerprint density at radius 3 is 2.17 bits per heavy atom. The van der Waals surface area contributed by atoms with Crippen molar-refractivity contribution in [2.24, 2.45) is 0 Å². The molecule has 150 valence electrons. The summed E-state index contributed by atoms with van der Waals surface area (Å²) >= 11 is 6.04. The molecule has 0 fully saturated rings. The van der Waals surface area contributed by atoms with Gasteiger partial charge in [0.05, 0.1) is 11.3 Å². The Bertz CT molecular complexity index is 1180. The van der Waals surface area contributed by atoms with E-state index in [0.717, 1.165) is 16.0 Å². The maximum atomic E-state index is 13.4. The lowest BCUT2D eigenvalue weighted by Crippen LogP contribution is -2.32. The summed E-state index contributed by atoms with van der Waals surface area (Å²) in [7, 11) is 0. The fourth-order valence-corrected chi connectivity index (χ4v) is 3.59. The number of hydrogen-bond acceptors (Lipinski definition) is 3. The van der Waals surface area contributed by atoms with E-state index in [-0.39, 0.29) is 11.3 Å². The van der Waals surface area contributed by atoms with Crippen LogP contribution >= 0.6 is 11.6 Å². The highest BCUT2D eigenvalue weighted by Crippen LogP contribution is 2.34. The molecule has 0 atom stereocenters. The fraction of sp³-hybridized carbons (Fsp3) is 0.0833. The number of aryl methyl sites for hydroxylation is 2. The third-order valence-electron chi connectivity index (χ3n) is 4.96. The summed E-state index contributed by atoms with van der Waals surface area (Å²) in [6.07, 6.45) is 0. The van der Waals surface area contributed by atoms with Crippen molar-refractivity contribution in [3.05, 3.63) is 100.0 Å². The highest BCUT2D eigenvalue weighted by Gasteiger charge is 2.40. The second-order valence-corrected chi connectivity index (χ2v) is 7.56. The van der Waals surface area contributed by atoms with Gasteiger partial charge >= 0.3 is 0 Å². The van der Waals surface area contributed by atoms with Crippen molar-refractivity contribution in [2.45, 2.75) is 13.8 Å². The first-order valence-corrected chi connectivity index (χ1v) is 9.72. The number of carbonyl (C=O) groups excluding carboxylic acids is 2. The minimum atomic E-state index is -0.503. The number of hydrogen-bond donors (Lipinski definition) is 1. The lowest BCUT2D eigenvalue weighted by atomic mass is 10.0. The standard InChI is InChI=1S/C24H18ClFN2O2/c1-14-3-5-16(6-4-14)21-22(27-20-12-7-17(25)13-15(20)2)24(30)28(23(21)29)19-10-8-18(26)9-11-19/h3-13,27H,1-2H3. The number of rotatable bonds is 4. The zero-order valence-electron chi connectivity index (χ0n) is 16.4. The second-order valence-electron chi connectivity index (χ2n) is 7.12. The summed E-state index contributed by atoms with van der Waals surface area (Å²) in [6.45, 7) is 3.81. The Balaban J connectivity index is 1.83. The summed E-state index contributed by atoms with van der Waals surface area (Å²) < 4.78 is 13.4. The van der Waals surface area contributed by atoms with Crippen LogP contribution in [0.5, 0.6) is 0 Å². The van der Waals surface area contributed by atoms with Crippen LogP contribution in [0.1, 0.15) is 16.7 Å². The third kappa shape index (κ3) is 3.60. The lowest BCUT2D eigenvalue weighted by Gasteiger charge is -2.15. The van der Waals surface area contributed by atoms with Crippen LogP contribution in [-0.2, 0) is 9.59 Å². The van der Waals surface area contributed by atoms with Crippen molar-refractivity contribution >= 4 is 40.4 Å². The molecule has 1 aliphatic rings. The number of halogens is 2. The van der Waals surface area contributed by atoms with Gasteiger partial charge in [0.1, 0.15) is 11.5 Å². The number of carbonyl (C=O) groups is 2. The Labute approximate surface area is 178 Å². The van der Waals surface area contributed by atoms with Gasteiger partial charge in [-0.05, 0) is 67.4 Å². The average Bonchev–Trinajstić information content (AvgIpc) is 2.95. The van der Waals surface area contributed by atoms with Crippen molar-refractivity contribution in [3.8, 4) is 0 Å². The minimum absolute atomic E-state index is 0.165. The Kier molecular flexibility index (Phi) is 5.14. The summed E-state index contributed by atoms with van der Waals surface area (Å²) in [4.78, 5) is 27.7. The molecule has 0 saturated carbocycles. The van der Waals surface area contributed by atoms with E-state index in [9.17, 15) is 14.0 Å². The molecule has 0 aromatic heterocycles. The first-order chi connectivity index (χ1) is 14.3. The van der Waals surface area contributed by atoms with Gasteiger partial charge in [0.25, 0.3) is 11.8 Å². The monoisotopic (exact) mass is 420 g/mol. The average molecular weight is 421 g/mol. The van der Waals surface area contributed by atoms with Crippen LogP contribution in [0.3, 0.4) is 0 Å². The van der Waals surface area contributed by atoms with Crippen molar-refractivity contribution in [2.75, 3.05) is 10.2 Å². The van der Waals surface area contributed by atoms with E-state index in [1.807, 2.05) is 26.0 Å². The van der Waals surface area contributed by atoms with Gasteiger partial charge in [-0.3, -0.25) is 9.59 Å². The van der Waals surface area contributed by atoms with Crippen LogP contribution in [0.4, 0.5) is 15.8 Å². The van der Waals surface area contributed by atoms with E-state index in [2.05, 4.69) is 5.32 Å². The zero-order valence-corrected chi connectivity index (χ0v) is 17.1. The largest absolute Gasteiger partial charge is 0.350 e. The summed E-state index contributed by atoms with van der Waals surface area (Å²) in [5.74, 6) is -1.42. The quantitative estimate of drug-likeness (QED) is 0.567. The van der Waals surface area contributed by atoms with Gasteiger partial charge in [-0.25, -0.2) is 9.29 Å². The molecule has 1 aliphatic heterocycles. The van der Waals surface area contributed by atoms with Gasteiger partial charge in [0, 0.05) is 10.7 Å². The Hall–Kier alpha value is -3.44. The second kappa shape index (κ2) is 7.76. The summed E-state index contributed by atoms with van der Waals surface area (Å²) in [5.41, 5.74) is 3.89. The molecule has 6 heteroatoms. The van der Waals surface area contributed by atoms with Gasteiger partial charge < -0.3 is 5.32 Å². The first-order valence-electron chi connectivity index (χ1n) is 9.34. The normalized spacial score (nSPS) is 13.9. The molecule has 0 bridgehead atoms. The predicted octanol–water partition coefficient (Wildman–Crippen LogP) is 5.49. The van der Waals surface area contributed by atoms with E-state index in [0.29, 0.717) is 22.0 Å². The van der Waals surface area contributed by atoms with Crippen LogP contribution in [0.2, 0.25) is 5.02 Å². The van der Waals surface area contributed by atoms with Gasteiger partial charge in [-0.2, -0.15) is 0 Å². The van der Waals surface area contributed by atoms with Crippen LogP contribution in [0.15, 0.2) is 72.4 Å². The molecule has 0 saturated heterocycles. The van der Waals surface area contributed by atoms with Crippen LogP contribution in [0.25, 0.3) is 5.57 Å². The van der Waals surface area contributed by atoms with Crippen molar-refractivity contribution < 1.29 is 14.0 Å². The number of anilines is 2. The van der Waals surface area contributed by atoms with E-state index < -0.39 is 17.6 Å². The van der Waals surface area contributed by atoms with Crippen LogP contribution in [-0.4, -0.2) is 11.8 Å². The molecule has 3 aromatic carbocycles. The van der Waals surface area contributed by atoms with Crippen molar-refractivity contribution in [3.63, 3.8) is 0 Å². The summed E-state index contributed by atoms with van der Waals surface area (Å²) in [6, 6.07) is 17.9. The molecule has 4 rings (SSSR count). The molecule has 1 N–H and O–H groups in total. The smallest absolute Gasteiger partial charge is 0.282 e. The number of benzene rings is 3. The molecule has 0 unspecified atom stereocenters. The van der Waals surface area contributed by atoms with E-state index in [1.54, 1.807) is 30.3 Å². The molecule has 3 aromatic rings. The molecule has 2 amide bonds.